The molecule has 1 aliphatic heterocycles. The van der Waals surface area contributed by atoms with Crippen LogP contribution in [0.3, 0.4) is 0 Å². The van der Waals surface area contributed by atoms with Gasteiger partial charge in [-0.05, 0) is 44.4 Å². The smallest absolute Gasteiger partial charge is 0.143 e. The molecule has 1 heterocycles. The number of hydrogen-bond acceptors (Lipinski definition) is 3. The van der Waals surface area contributed by atoms with E-state index in [-0.39, 0.29) is 5.56 Å². The van der Waals surface area contributed by atoms with Gasteiger partial charge in [-0.25, -0.2) is 4.39 Å². The minimum atomic E-state index is -0.410. The summed E-state index contributed by atoms with van der Waals surface area (Å²) in [5.74, 6) is -0.410. The van der Waals surface area contributed by atoms with Crippen molar-refractivity contribution in [2.75, 3.05) is 18.0 Å². The number of nitriles is 1. The van der Waals surface area contributed by atoms with Gasteiger partial charge in [-0.15, -0.1) is 0 Å². The molecular formula is C16H20FN3. The molecule has 0 spiro atoms. The first-order valence-electron chi connectivity index (χ1n) is 7.48. The number of hydrogen-bond donors (Lipinski definition) is 1. The quantitative estimate of drug-likeness (QED) is 0.917. The molecular weight excluding hydrogens is 253 g/mol. The predicted molar refractivity (Wildman–Crippen MR) is 77.1 cm³/mol. The molecule has 3 nitrogen and oxygen atoms in total. The van der Waals surface area contributed by atoms with Gasteiger partial charge < -0.3 is 10.2 Å². The standard InChI is InChI=1S/C16H20FN3/c17-15-5-3-6-16(14(15)10-18)20(13-7-8-13)11-12-4-1-2-9-19-12/h3,5-6,12-13,19H,1-2,4,7-9,11H2. The Bertz CT molecular complexity index is 513. The number of anilines is 1. The summed E-state index contributed by atoms with van der Waals surface area (Å²) >= 11 is 0. The van der Waals surface area contributed by atoms with Crippen molar-refractivity contribution in [3.05, 3.63) is 29.6 Å². The maximum atomic E-state index is 13.8. The molecule has 2 fully saturated rings. The zero-order valence-corrected chi connectivity index (χ0v) is 11.6. The highest BCUT2D eigenvalue weighted by Gasteiger charge is 2.32. The van der Waals surface area contributed by atoms with E-state index in [0.717, 1.165) is 31.6 Å². The fraction of sp³-hybridized carbons (Fsp3) is 0.562. The maximum Gasteiger partial charge on any atom is 0.143 e. The second kappa shape index (κ2) is 5.80. The van der Waals surface area contributed by atoms with Gasteiger partial charge in [0, 0.05) is 18.6 Å². The highest BCUT2D eigenvalue weighted by atomic mass is 19.1. The van der Waals surface area contributed by atoms with Crippen molar-refractivity contribution in [3.63, 3.8) is 0 Å². The zero-order chi connectivity index (χ0) is 13.9. The number of rotatable bonds is 4. The van der Waals surface area contributed by atoms with E-state index >= 15 is 0 Å². The summed E-state index contributed by atoms with van der Waals surface area (Å²) in [6.07, 6.45) is 5.95. The molecule has 1 N–H and O–H groups in total. The molecule has 1 aromatic carbocycles. The molecule has 1 atom stereocenters. The second-order valence-corrected chi connectivity index (χ2v) is 5.78. The summed E-state index contributed by atoms with van der Waals surface area (Å²) in [7, 11) is 0. The molecule has 0 radical (unpaired) electrons. The molecule has 0 aromatic heterocycles. The van der Waals surface area contributed by atoms with Gasteiger partial charge in [0.05, 0.1) is 5.69 Å². The van der Waals surface area contributed by atoms with Crippen LogP contribution in [0, 0.1) is 17.1 Å². The van der Waals surface area contributed by atoms with E-state index in [1.54, 1.807) is 6.07 Å². The number of nitrogens with zero attached hydrogens (tertiary/aromatic N) is 2. The number of halogens is 1. The van der Waals surface area contributed by atoms with Crippen molar-refractivity contribution in [2.45, 2.75) is 44.2 Å². The number of piperidine rings is 1. The SMILES string of the molecule is N#Cc1c(F)cccc1N(CC1CCCCN1)C1CC1. The van der Waals surface area contributed by atoms with E-state index in [2.05, 4.69) is 10.2 Å². The van der Waals surface area contributed by atoms with Crippen LogP contribution in [-0.4, -0.2) is 25.2 Å². The van der Waals surface area contributed by atoms with Gasteiger partial charge in [0.25, 0.3) is 0 Å². The molecule has 1 saturated heterocycles. The Morgan fingerprint density at radius 1 is 1.30 bits per heavy atom. The van der Waals surface area contributed by atoms with Crippen LogP contribution in [0.1, 0.15) is 37.7 Å². The highest BCUT2D eigenvalue weighted by molar-refractivity contribution is 5.61. The Labute approximate surface area is 119 Å². The highest BCUT2D eigenvalue weighted by Crippen LogP contribution is 2.34. The molecule has 2 aliphatic rings. The normalized spacial score (nSPS) is 22.3. The van der Waals surface area contributed by atoms with Gasteiger partial charge in [-0.2, -0.15) is 5.26 Å². The first kappa shape index (κ1) is 13.4. The molecule has 1 aliphatic carbocycles. The van der Waals surface area contributed by atoms with Gasteiger partial charge in [0.1, 0.15) is 17.4 Å². The van der Waals surface area contributed by atoms with Crippen molar-refractivity contribution in [1.29, 1.82) is 5.26 Å². The van der Waals surface area contributed by atoms with E-state index in [1.807, 2.05) is 12.1 Å². The van der Waals surface area contributed by atoms with Crippen LogP contribution in [0.4, 0.5) is 10.1 Å². The molecule has 106 valence electrons. The fourth-order valence-corrected chi connectivity index (χ4v) is 3.01. The van der Waals surface area contributed by atoms with Crippen LogP contribution in [0.15, 0.2) is 18.2 Å². The fourth-order valence-electron chi connectivity index (χ4n) is 3.01. The number of nitrogens with one attached hydrogen (secondary N) is 1. The van der Waals surface area contributed by atoms with Crippen LogP contribution in [0.25, 0.3) is 0 Å². The molecule has 0 bridgehead atoms. The van der Waals surface area contributed by atoms with E-state index < -0.39 is 5.82 Å². The van der Waals surface area contributed by atoms with Crippen molar-refractivity contribution < 1.29 is 4.39 Å². The third-order valence-corrected chi connectivity index (χ3v) is 4.23. The third-order valence-electron chi connectivity index (χ3n) is 4.23. The van der Waals surface area contributed by atoms with E-state index in [0.29, 0.717) is 12.1 Å². The van der Waals surface area contributed by atoms with Crippen LogP contribution < -0.4 is 10.2 Å². The van der Waals surface area contributed by atoms with E-state index in [9.17, 15) is 9.65 Å². The lowest BCUT2D eigenvalue weighted by Crippen LogP contribution is -2.44. The lowest BCUT2D eigenvalue weighted by Gasteiger charge is -2.32. The summed E-state index contributed by atoms with van der Waals surface area (Å²) in [5.41, 5.74) is 0.956. The minimum Gasteiger partial charge on any atom is -0.366 e. The van der Waals surface area contributed by atoms with Gasteiger partial charge in [0.15, 0.2) is 0 Å². The van der Waals surface area contributed by atoms with Gasteiger partial charge in [0.2, 0.25) is 0 Å². The topological polar surface area (TPSA) is 39.1 Å². The maximum absolute atomic E-state index is 13.8. The van der Waals surface area contributed by atoms with Crippen molar-refractivity contribution >= 4 is 5.69 Å². The molecule has 20 heavy (non-hydrogen) atoms. The van der Waals surface area contributed by atoms with Crippen LogP contribution in [0.5, 0.6) is 0 Å². The average Bonchev–Trinajstić information content (AvgIpc) is 3.30. The molecule has 1 aromatic rings. The summed E-state index contributed by atoms with van der Waals surface area (Å²) < 4.78 is 13.8. The lowest BCUT2D eigenvalue weighted by atomic mass is 10.0. The molecule has 4 heteroatoms. The van der Waals surface area contributed by atoms with Gasteiger partial charge >= 0.3 is 0 Å². The second-order valence-electron chi connectivity index (χ2n) is 5.78. The van der Waals surface area contributed by atoms with Gasteiger partial charge in [-0.3, -0.25) is 0 Å². The van der Waals surface area contributed by atoms with Crippen LogP contribution >= 0.6 is 0 Å². The molecule has 3 rings (SSSR count). The summed E-state index contributed by atoms with van der Waals surface area (Å²) in [6, 6.07) is 7.91. The minimum absolute atomic E-state index is 0.190. The largest absolute Gasteiger partial charge is 0.366 e. The average molecular weight is 273 g/mol. The van der Waals surface area contributed by atoms with E-state index in [1.165, 1.54) is 25.3 Å². The summed E-state index contributed by atoms with van der Waals surface area (Å²) in [6.45, 7) is 1.94. The Balaban J connectivity index is 1.83. The van der Waals surface area contributed by atoms with Crippen molar-refractivity contribution in [1.82, 2.24) is 5.32 Å². The van der Waals surface area contributed by atoms with Crippen molar-refractivity contribution in [3.8, 4) is 6.07 Å². The summed E-state index contributed by atoms with van der Waals surface area (Å²) in [4.78, 5) is 2.24. The molecule has 1 saturated carbocycles. The third kappa shape index (κ3) is 2.78. The molecule has 1 unspecified atom stereocenters. The Morgan fingerprint density at radius 3 is 2.80 bits per heavy atom. The van der Waals surface area contributed by atoms with E-state index in [4.69, 9.17) is 0 Å². The Morgan fingerprint density at radius 2 is 2.15 bits per heavy atom. The molecule has 0 amide bonds. The van der Waals surface area contributed by atoms with Gasteiger partial charge in [-0.1, -0.05) is 12.5 Å². The van der Waals surface area contributed by atoms with Crippen LogP contribution in [-0.2, 0) is 0 Å². The monoisotopic (exact) mass is 273 g/mol. The Hall–Kier alpha value is -1.60. The van der Waals surface area contributed by atoms with Crippen molar-refractivity contribution in [2.24, 2.45) is 0 Å². The zero-order valence-electron chi connectivity index (χ0n) is 11.6. The first-order chi connectivity index (χ1) is 9.79. The predicted octanol–water partition coefficient (Wildman–Crippen LogP) is 2.81. The van der Waals surface area contributed by atoms with Crippen LogP contribution in [0.2, 0.25) is 0 Å². The first-order valence-corrected chi connectivity index (χ1v) is 7.48. The Kier molecular flexibility index (Phi) is 3.88. The lowest BCUT2D eigenvalue weighted by molar-refractivity contribution is 0.398. The summed E-state index contributed by atoms with van der Waals surface area (Å²) in [5, 5.41) is 12.8. The number of benzene rings is 1.